The van der Waals surface area contributed by atoms with Crippen molar-refractivity contribution in [3.8, 4) is 0 Å². The molecule has 3 amide bonds. The van der Waals surface area contributed by atoms with Crippen molar-refractivity contribution in [3.05, 3.63) is 11.8 Å². The Morgan fingerprint density at radius 1 is 1.14 bits per heavy atom. The predicted octanol–water partition coefficient (Wildman–Crippen LogP) is 0.957. The second-order valence-electron chi connectivity index (χ2n) is 5.25. The number of amides is 3. The fraction of sp³-hybridized carbons (Fsp3) is 0.571. The maximum absolute atomic E-state index is 12.0. The number of carbonyl (C=O) groups is 3. The molecular formula is C14H21N5O3. The van der Waals surface area contributed by atoms with E-state index in [2.05, 4.69) is 28.2 Å². The molecule has 2 heterocycles. The molecule has 0 fully saturated rings. The number of rotatable bonds is 3. The van der Waals surface area contributed by atoms with Gasteiger partial charge in [0.2, 0.25) is 11.8 Å². The third-order valence-electron chi connectivity index (χ3n) is 3.38. The highest BCUT2D eigenvalue weighted by Gasteiger charge is 2.17. The second-order valence-corrected chi connectivity index (χ2v) is 5.25. The Balaban J connectivity index is 2.21. The number of hydrazine groups is 1. The molecule has 0 spiro atoms. The van der Waals surface area contributed by atoms with E-state index in [0.29, 0.717) is 31.6 Å². The van der Waals surface area contributed by atoms with E-state index in [-0.39, 0.29) is 23.9 Å². The van der Waals surface area contributed by atoms with Gasteiger partial charge in [0.05, 0.1) is 0 Å². The zero-order valence-electron chi connectivity index (χ0n) is 12.6. The highest BCUT2D eigenvalue weighted by atomic mass is 16.2. The van der Waals surface area contributed by atoms with Crippen LogP contribution in [0.2, 0.25) is 0 Å². The number of hydrogen-bond donors (Lipinski definition) is 3. The Morgan fingerprint density at radius 2 is 1.86 bits per heavy atom. The fourth-order valence-electron chi connectivity index (χ4n) is 2.14. The molecule has 1 aromatic rings. The molecule has 3 N–H and O–H groups in total. The number of aryl methyl sites for hydroxylation is 1. The van der Waals surface area contributed by atoms with Crippen molar-refractivity contribution in [1.82, 2.24) is 20.6 Å². The van der Waals surface area contributed by atoms with Gasteiger partial charge in [0, 0.05) is 25.5 Å². The van der Waals surface area contributed by atoms with Gasteiger partial charge >= 0.3 is 0 Å². The van der Waals surface area contributed by atoms with Crippen LogP contribution in [0.5, 0.6) is 0 Å². The lowest BCUT2D eigenvalue weighted by molar-refractivity contribution is -0.122. The number of nitrogens with one attached hydrogen (secondary N) is 3. The smallest absolute Gasteiger partial charge is 0.290 e. The molecular weight excluding hydrogens is 286 g/mol. The minimum Gasteiger partial charge on any atom is -0.311 e. The number of unbranched alkanes of at least 4 members (excludes halogenated alkanes) is 1. The van der Waals surface area contributed by atoms with E-state index in [1.54, 1.807) is 4.68 Å². The minimum atomic E-state index is -0.502. The molecule has 0 aromatic carbocycles. The van der Waals surface area contributed by atoms with Gasteiger partial charge in [-0.2, -0.15) is 5.10 Å². The van der Waals surface area contributed by atoms with E-state index < -0.39 is 5.91 Å². The molecule has 1 aliphatic heterocycles. The van der Waals surface area contributed by atoms with E-state index in [9.17, 15) is 14.4 Å². The summed E-state index contributed by atoms with van der Waals surface area (Å²) in [6.45, 7) is 2.67. The first-order chi connectivity index (χ1) is 10.6. The van der Waals surface area contributed by atoms with Crippen LogP contribution in [0.25, 0.3) is 0 Å². The Bertz CT molecular complexity index is 567. The molecule has 0 radical (unpaired) electrons. The third kappa shape index (κ3) is 4.31. The topological polar surface area (TPSA) is 105 Å². The highest BCUT2D eigenvalue weighted by molar-refractivity contribution is 5.96. The maximum atomic E-state index is 12.0. The van der Waals surface area contributed by atoms with Crippen LogP contribution in [-0.2, 0) is 16.1 Å². The third-order valence-corrected chi connectivity index (χ3v) is 3.38. The lowest BCUT2D eigenvalue weighted by Crippen LogP contribution is -2.41. The molecule has 8 nitrogen and oxygen atoms in total. The van der Waals surface area contributed by atoms with Crippen molar-refractivity contribution >= 4 is 23.5 Å². The average Bonchev–Trinajstić information content (AvgIpc) is 2.89. The predicted molar refractivity (Wildman–Crippen MR) is 79.8 cm³/mol. The van der Waals surface area contributed by atoms with E-state index in [1.165, 1.54) is 6.07 Å². The van der Waals surface area contributed by atoms with Gasteiger partial charge in [0.15, 0.2) is 5.69 Å². The lowest BCUT2D eigenvalue weighted by Gasteiger charge is -2.09. The number of anilines is 1. The molecule has 22 heavy (non-hydrogen) atoms. The zero-order valence-corrected chi connectivity index (χ0v) is 12.6. The summed E-state index contributed by atoms with van der Waals surface area (Å²) in [6, 6.07) is 1.52. The van der Waals surface area contributed by atoms with Crippen LogP contribution in [0, 0.1) is 0 Å². The Labute approximate surface area is 128 Å². The standard InChI is InChI=1S/C14H21N5O3/c1-2-3-8-19-11-9-10(18-19)14(22)17-16-13(21)7-5-4-6-12(20)15-11/h9H,2-8H2,1H3,(H,15,20)(H,16,21)(H,17,22). The van der Waals surface area contributed by atoms with Gasteiger partial charge in [-0.15, -0.1) is 0 Å². The Morgan fingerprint density at radius 3 is 2.59 bits per heavy atom. The van der Waals surface area contributed by atoms with Crippen LogP contribution in [0.15, 0.2) is 6.07 Å². The first-order valence-electron chi connectivity index (χ1n) is 7.57. The molecule has 1 aromatic heterocycles. The van der Waals surface area contributed by atoms with E-state index >= 15 is 0 Å². The van der Waals surface area contributed by atoms with Gasteiger partial charge in [-0.1, -0.05) is 13.3 Å². The maximum Gasteiger partial charge on any atom is 0.290 e. The molecule has 2 bridgehead atoms. The van der Waals surface area contributed by atoms with Gasteiger partial charge < -0.3 is 5.32 Å². The molecule has 0 saturated carbocycles. The average molecular weight is 307 g/mol. The van der Waals surface area contributed by atoms with Crippen molar-refractivity contribution in [1.29, 1.82) is 0 Å². The summed E-state index contributed by atoms with van der Waals surface area (Å²) >= 11 is 0. The SMILES string of the molecule is CCCCn1nc2cc1NC(=O)CCCCC(=O)NNC2=O. The fourth-order valence-corrected chi connectivity index (χ4v) is 2.14. The van der Waals surface area contributed by atoms with E-state index in [4.69, 9.17) is 0 Å². The zero-order chi connectivity index (χ0) is 15.9. The van der Waals surface area contributed by atoms with Gasteiger partial charge in [0.1, 0.15) is 5.82 Å². The quantitative estimate of drug-likeness (QED) is 0.773. The Hall–Kier alpha value is -2.38. The first-order valence-corrected chi connectivity index (χ1v) is 7.57. The monoisotopic (exact) mass is 307 g/mol. The highest BCUT2D eigenvalue weighted by Crippen LogP contribution is 2.14. The molecule has 0 saturated heterocycles. The van der Waals surface area contributed by atoms with Crippen molar-refractivity contribution in [3.63, 3.8) is 0 Å². The molecule has 1 aliphatic rings. The minimum absolute atomic E-state index is 0.135. The Kier molecular flexibility index (Phi) is 5.51. The van der Waals surface area contributed by atoms with Crippen molar-refractivity contribution < 1.29 is 14.4 Å². The number of carbonyl (C=O) groups excluding carboxylic acids is 3. The van der Waals surface area contributed by atoms with Gasteiger partial charge in [-0.25, -0.2) is 4.68 Å². The van der Waals surface area contributed by atoms with Crippen LogP contribution in [0.3, 0.4) is 0 Å². The molecule has 0 unspecified atom stereocenters. The van der Waals surface area contributed by atoms with Gasteiger partial charge in [0.25, 0.3) is 5.91 Å². The molecule has 120 valence electrons. The van der Waals surface area contributed by atoms with Crippen molar-refractivity contribution in [2.45, 2.75) is 52.0 Å². The largest absolute Gasteiger partial charge is 0.311 e. The van der Waals surface area contributed by atoms with Crippen LogP contribution >= 0.6 is 0 Å². The summed E-state index contributed by atoms with van der Waals surface area (Å²) in [5.74, 6) is -0.407. The summed E-state index contributed by atoms with van der Waals surface area (Å²) in [6.07, 6.45) is 3.68. The number of nitrogens with zero attached hydrogens (tertiary/aromatic N) is 2. The van der Waals surface area contributed by atoms with Crippen LogP contribution < -0.4 is 16.2 Å². The number of aromatic nitrogens is 2. The van der Waals surface area contributed by atoms with Gasteiger partial charge in [-0.05, 0) is 19.3 Å². The summed E-state index contributed by atoms with van der Waals surface area (Å²) in [5, 5.41) is 6.98. The van der Waals surface area contributed by atoms with Crippen LogP contribution in [0.4, 0.5) is 5.82 Å². The molecule has 0 atom stereocenters. The van der Waals surface area contributed by atoms with Crippen LogP contribution in [0.1, 0.15) is 55.9 Å². The molecule has 2 rings (SSSR count). The summed E-state index contributed by atoms with van der Waals surface area (Å²) in [5.41, 5.74) is 4.84. The van der Waals surface area contributed by atoms with E-state index in [1.807, 2.05) is 0 Å². The van der Waals surface area contributed by atoms with E-state index in [0.717, 1.165) is 12.8 Å². The first kappa shape index (κ1) is 16.0. The normalized spacial score (nSPS) is 16.7. The molecule has 8 heteroatoms. The summed E-state index contributed by atoms with van der Waals surface area (Å²) in [7, 11) is 0. The molecule has 0 aliphatic carbocycles. The van der Waals surface area contributed by atoms with Crippen LogP contribution in [-0.4, -0.2) is 27.5 Å². The number of hydrogen-bond acceptors (Lipinski definition) is 4. The van der Waals surface area contributed by atoms with Gasteiger partial charge in [-0.3, -0.25) is 25.2 Å². The van der Waals surface area contributed by atoms with Crippen molar-refractivity contribution in [2.24, 2.45) is 0 Å². The van der Waals surface area contributed by atoms with Crippen molar-refractivity contribution in [2.75, 3.05) is 5.32 Å². The second kappa shape index (κ2) is 7.58. The summed E-state index contributed by atoms with van der Waals surface area (Å²) in [4.78, 5) is 35.4. The summed E-state index contributed by atoms with van der Waals surface area (Å²) < 4.78 is 1.61. The number of fused-ring (bicyclic) bond motifs is 2. The lowest BCUT2D eigenvalue weighted by atomic mass is 10.2.